The predicted molar refractivity (Wildman–Crippen MR) is 92.6 cm³/mol. The average molecular weight is 338 g/mol. The van der Waals surface area contributed by atoms with Crippen molar-refractivity contribution in [1.82, 2.24) is 14.8 Å². The lowest BCUT2D eigenvalue weighted by Gasteiger charge is -2.07. The topological polar surface area (TPSA) is 95.6 Å². The number of urea groups is 1. The van der Waals surface area contributed by atoms with E-state index in [0.717, 1.165) is 10.6 Å². The summed E-state index contributed by atoms with van der Waals surface area (Å²) in [5.74, 6) is 0.432. The number of thiazole rings is 1. The van der Waals surface area contributed by atoms with Gasteiger partial charge in [0.1, 0.15) is 5.01 Å². The van der Waals surface area contributed by atoms with Gasteiger partial charge in [0, 0.05) is 35.1 Å². The molecule has 0 fully saturated rings. The summed E-state index contributed by atoms with van der Waals surface area (Å²) in [4.78, 5) is 16.3. The number of rotatable bonds is 5. The number of hydrogen-bond donors (Lipinski definition) is 2. The fraction of sp³-hybridized carbons (Fsp3) is 0.125. The number of amides is 2. The van der Waals surface area contributed by atoms with Gasteiger partial charge < -0.3 is 5.32 Å². The van der Waals surface area contributed by atoms with Crippen LogP contribution >= 0.6 is 11.3 Å². The zero-order chi connectivity index (χ0) is 16.8. The predicted octanol–water partition coefficient (Wildman–Crippen LogP) is 3.56. The Kier molecular flexibility index (Phi) is 4.84. The van der Waals surface area contributed by atoms with Crippen LogP contribution in [0.1, 0.15) is 6.42 Å². The number of aryl methyl sites for hydroxylation is 1. The maximum Gasteiger partial charge on any atom is 0.324 e. The van der Waals surface area contributed by atoms with Crippen molar-refractivity contribution in [1.29, 1.82) is 5.26 Å². The normalized spacial score (nSPS) is 10.1. The molecule has 0 saturated carbocycles. The molecule has 0 aliphatic heterocycles. The maximum absolute atomic E-state index is 12.1. The summed E-state index contributed by atoms with van der Waals surface area (Å²) < 4.78 is 1.61. The highest BCUT2D eigenvalue weighted by atomic mass is 32.1. The van der Waals surface area contributed by atoms with Crippen LogP contribution in [-0.4, -0.2) is 20.8 Å². The van der Waals surface area contributed by atoms with E-state index in [0.29, 0.717) is 24.5 Å². The largest absolute Gasteiger partial charge is 0.324 e. The number of aromatic nitrogens is 3. The number of hydrogen-bond acceptors (Lipinski definition) is 5. The SMILES string of the molecule is N#CCCn1ccc(NC(=O)Nc2cccc(-c3nccs3)c2)n1. The van der Waals surface area contributed by atoms with Crippen LogP contribution in [0.5, 0.6) is 0 Å². The first-order valence-electron chi connectivity index (χ1n) is 7.23. The molecule has 0 bridgehead atoms. The maximum atomic E-state index is 12.1. The molecule has 0 spiro atoms. The number of nitrogens with one attached hydrogen (secondary N) is 2. The molecule has 0 unspecified atom stereocenters. The van der Waals surface area contributed by atoms with Gasteiger partial charge in [0.15, 0.2) is 5.82 Å². The van der Waals surface area contributed by atoms with Gasteiger partial charge in [-0.1, -0.05) is 12.1 Å². The molecule has 24 heavy (non-hydrogen) atoms. The zero-order valence-corrected chi connectivity index (χ0v) is 13.5. The lowest BCUT2D eigenvalue weighted by Crippen LogP contribution is -2.19. The van der Waals surface area contributed by atoms with Crippen LogP contribution in [0.2, 0.25) is 0 Å². The molecule has 0 aliphatic carbocycles. The number of benzene rings is 1. The number of nitrogens with zero attached hydrogens (tertiary/aromatic N) is 4. The summed E-state index contributed by atoms with van der Waals surface area (Å²) in [6, 6.07) is 10.8. The van der Waals surface area contributed by atoms with E-state index in [-0.39, 0.29) is 6.03 Å². The minimum Gasteiger partial charge on any atom is -0.308 e. The Balaban J connectivity index is 1.62. The Morgan fingerprint density at radius 2 is 2.25 bits per heavy atom. The summed E-state index contributed by atoms with van der Waals surface area (Å²) >= 11 is 1.54. The third-order valence-electron chi connectivity index (χ3n) is 3.13. The second-order valence-electron chi connectivity index (χ2n) is 4.87. The van der Waals surface area contributed by atoms with Gasteiger partial charge in [0.2, 0.25) is 0 Å². The van der Waals surface area contributed by atoms with Crippen LogP contribution in [-0.2, 0) is 6.54 Å². The Hall–Kier alpha value is -3.18. The molecule has 3 rings (SSSR count). The quantitative estimate of drug-likeness (QED) is 0.743. The highest BCUT2D eigenvalue weighted by Crippen LogP contribution is 2.24. The molecule has 0 radical (unpaired) electrons. The van der Waals surface area contributed by atoms with E-state index in [9.17, 15) is 4.79 Å². The lowest BCUT2D eigenvalue weighted by molar-refractivity contribution is 0.262. The summed E-state index contributed by atoms with van der Waals surface area (Å²) in [6.45, 7) is 0.496. The van der Waals surface area contributed by atoms with Crippen LogP contribution in [0.15, 0.2) is 48.1 Å². The van der Waals surface area contributed by atoms with E-state index in [1.807, 2.05) is 29.6 Å². The van der Waals surface area contributed by atoms with E-state index >= 15 is 0 Å². The molecular formula is C16H14N6OS. The molecule has 2 aromatic heterocycles. The van der Waals surface area contributed by atoms with Crippen molar-refractivity contribution >= 4 is 28.9 Å². The highest BCUT2D eigenvalue weighted by Gasteiger charge is 2.07. The van der Waals surface area contributed by atoms with Gasteiger partial charge in [0.25, 0.3) is 0 Å². The first-order valence-corrected chi connectivity index (χ1v) is 8.11. The van der Waals surface area contributed by atoms with E-state index < -0.39 is 0 Å². The second-order valence-corrected chi connectivity index (χ2v) is 5.76. The van der Waals surface area contributed by atoms with Crippen molar-refractivity contribution < 1.29 is 4.79 Å². The van der Waals surface area contributed by atoms with Gasteiger partial charge in [-0.25, -0.2) is 9.78 Å². The van der Waals surface area contributed by atoms with Crippen molar-refractivity contribution in [2.45, 2.75) is 13.0 Å². The third kappa shape index (κ3) is 3.97. The van der Waals surface area contributed by atoms with Crippen molar-refractivity contribution in [3.8, 4) is 16.6 Å². The summed E-state index contributed by atoms with van der Waals surface area (Å²) in [7, 11) is 0. The summed E-state index contributed by atoms with van der Waals surface area (Å²) in [6.07, 6.45) is 3.84. The Bertz CT molecular complexity index is 865. The summed E-state index contributed by atoms with van der Waals surface area (Å²) in [5.41, 5.74) is 1.62. The molecule has 3 aromatic rings. The molecule has 0 aliphatic rings. The molecule has 2 heterocycles. The fourth-order valence-corrected chi connectivity index (χ4v) is 2.73. The molecule has 0 atom stereocenters. The van der Waals surface area contributed by atoms with Gasteiger partial charge >= 0.3 is 6.03 Å². The highest BCUT2D eigenvalue weighted by molar-refractivity contribution is 7.13. The molecule has 0 saturated heterocycles. The molecule has 1 aromatic carbocycles. The minimum atomic E-state index is -0.378. The van der Waals surface area contributed by atoms with E-state index in [1.165, 1.54) is 0 Å². The number of carbonyl (C=O) groups excluding carboxylic acids is 1. The van der Waals surface area contributed by atoms with Gasteiger partial charge in [0.05, 0.1) is 19.0 Å². The Labute approximate surface area is 142 Å². The Morgan fingerprint density at radius 1 is 1.33 bits per heavy atom. The minimum absolute atomic E-state index is 0.372. The molecular weight excluding hydrogens is 324 g/mol. The third-order valence-corrected chi connectivity index (χ3v) is 3.96. The van der Waals surface area contributed by atoms with Crippen LogP contribution in [0.3, 0.4) is 0 Å². The first-order chi connectivity index (χ1) is 11.7. The van der Waals surface area contributed by atoms with Gasteiger partial charge in [-0.15, -0.1) is 11.3 Å². The molecule has 8 heteroatoms. The molecule has 2 amide bonds. The first kappa shape index (κ1) is 15.7. The number of anilines is 2. The van der Waals surface area contributed by atoms with Crippen LogP contribution < -0.4 is 10.6 Å². The smallest absolute Gasteiger partial charge is 0.308 e. The Morgan fingerprint density at radius 3 is 3.04 bits per heavy atom. The molecule has 7 nitrogen and oxygen atoms in total. The number of carbonyl (C=O) groups is 1. The zero-order valence-electron chi connectivity index (χ0n) is 12.6. The fourth-order valence-electron chi connectivity index (χ4n) is 2.09. The average Bonchev–Trinajstić information content (AvgIpc) is 3.25. The second kappa shape index (κ2) is 7.39. The van der Waals surface area contributed by atoms with Crippen LogP contribution in [0, 0.1) is 11.3 Å². The standard InChI is InChI=1S/C16H14N6OS/c17-6-2-8-22-9-5-14(21-22)20-16(23)19-13-4-1-3-12(11-13)15-18-7-10-24-15/h1,3-5,7,9-11H,2,8H2,(H2,19,20,21,23). The summed E-state index contributed by atoms with van der Waals surface area (Å²) in [5, 5.41) is 21.0. The van der Waals surface area contributed by atoms with Crippen molar-refractivity contribution in [3.05, 3.63) is 48.1 Å². The van der Waals surface area contributed by atoms with E-state index in [4.69, 9.17) is 5.26 Å². The van der Waals surface area contributed by atoms with Crippen molar-refractivity contribution in [3.63, 3.8) is 0 Å². The van der Waals surface area contributed by atoms with Crippen LogP contribution in [0.25, 0.3) is 10.6 Å². The van der Waals surface area contributed by atoms with Gasteiger partial charge in [-0.2, -0.15) is 10.4 Å². The monoisotopic (exact) mass is 338 g/mol. The molecule has 2 N–H and O–H groups in total. The van der Waals surface area contributed by atoms with Gasteiger partial charge in [-0.05, 0) is 12.1 Å². The number of nitriles is 1. The van der Waals surface area contributed by atoms with Gasteiger partial charge in [-0.3, -0.25) is 10.00 Å². The van der Waals surface area contributed by atoms with Crippen molar-refractivity contribution in [2.75, 3.05) is 10.6 Å². The molecule has 120 valence electrons. The van der Waals surface area contributed by atoms with E-state index in [1.54, 1.807) is 34.5 Å². The lowest BCUT2D eigenvalue weighted by atomic mass is 10.2. The van der Waals surface area contributed by atoms with Crippen LogP contribution in [0.4, 0.5) is 16.3 Å². The van der Waals surface area contributed by atoms with Crippen molar-refractivity contribution in [2.24, 2.45) is 0 Å². The van der Waals surface area contributed by atoms with E-state index in [2.05, 4.69) is 26.8 Å².